The summed E-state index contributed by atoms with van der Waals surface area (Å²) >= 11 is 2.54. The first-order valence-corrected chi connectivity index (χ1v) is 14.0. The van der Waals surface area contributed by atoms with Crippen LogP contribution in [0.4, 0.5) is 14.5 Å². The first kappa shape index (κ1) is 27.4. The maximum absolute atomic E-state index is 15.5. The van der Waals surface area contributed by atoms with Crippen LogP contribution in [0.5, 0.6) is 5.75 Å². The lowest BCUT2D eigenvalue weighted by Gasteiger charge is -2.37. The number of nitrogens with one attached hydrogen (secondary N) is 1. The molecule has 37 heavy (non-hydrogen) atoms. The summed E-state index contributed by atoms with van der Waals surface area (Å²) < 4.78 is 37.8. The van der Waals surface area contributed by atoms with E-state index in [0.29, 0.717) is 26.9 Å². The minimum absolute atomic E-state index is 0.141. The van der Waals surface area contributed by atoms with E-state index in [1.807, 2.05) is 17.5 Å². The first-order valence-electron chi connectivity index (χ1n) is 12.3. The summed E-state index contributed by atoms with van der Waals surface area (Å²) in [5.41, 5.74) is 2.28. The summed E-state index contributed by atoms with van der Waals surface area (Å²) in [7, 11) is 1.38. The highest BCUT2D eigenvalue weighted by Gasteiger charge is 2.31. The number of hydrogen-bond donors (Lipinski definition) is 2. The van der Waals surface area contributed by atoms with Crippen molar-refractivity contribution in [2.75, 3.05) is 11.8 Å². The molecular weight excluding hydrogens is 514 g/mol. The van der Waals surface area contributed by atoms with Crippen molar-refractivity contribution in [2.24, 2.45) is 11.3 Å². The van der Waals surface area contributed by atoms with Crippen molar-refractivity contribution in [1.82, 2.24) is 4.98 Å². The van der Waals surface area contributed by atoms with Crippen LogP contribution in [0.15, 0.2) is 34.7 Å². The quantitative estimate of drug-likeness (QED) is 0.289. The molecule has 0 atom stereocenters. The largest absolute Gasteiger partial charge is 0.495 e. The van der Waals surface area contributed by atoms with Gasteiger partial charge in [-0.3, -0.25) is 0 Å². The normalized spacial score (nSPS) is 18.0. The molecule has 3 aromatic rings. The van der Waals surface area contributed by atoms with Crippen molar-refractivity contribution in [3.05, 3.63) is 58.0 Å². The molecule has 1 heterocycles. The summed E-state index contributed by atoms with van der Waals surface area (Å²) in [4.78, 5) is 15.8. The molecular formula is C28H32F2N2O3S2. The van der Waals surface area contributed by atoms with Crippen molar-refractivity contribution in [3.8, 4) is 16.3 Å². The molecule has 1 saturated carbocycles. The number of anilines is 1. The van der Waals surface area contributed by atoms with E-state index in [1.165, 1.54) is 18.4 Å². The lowest BCUT2D eigenvalue weighted by atomic mass is 9.68. The number of nitrogens with zero attached hydrogens (tertiary/aromatic N) is 1. The Hall–Kier alpha value is -2.65. The zero-order valence-electron chi connectivity index (χ0n) is 21.7. The van der Waals surface area contributed by atoms with Crippen LogP contribution in [0, 0.1) is 29.9 Å². The Labute approximate surface area is 224 Å². The zero-order chi connectivity index (χ0) is 26.9. The van der Waals surface area contributed by atoms with E-state index >= 15 is 4.39 Å². The topological polar surface area (TPSA) is 71.5 Å². The average Bonchev–Trinajstić information content (AvgIpc) is 3.32. The minimum Gasteiger partial charge on any atom is -0.495 e. The van der Waals surface area contributed by atoms with E-state index in [9.17, 15) is 9.18 Å². The number of halogens is 2. The summed E-state index contributed by atoms with van der Waals surface area (Å²) in [6.07, 6.45) is 4.28. The molecule has 0 radical (unpaired) electrons. The number of methoxy groups -OCH3 is 1. The molecule has 1 aromatic heterocycles. The molecule has 0 spiro atoms. The van der Waals surface area contributed by atoms with Gasteiger partial charge in [0.05, 0.1) is 18.4 Å². The van der Waals surface area contributed by atoms with E-state index in [2.05, 4.69) is 30.5 Å². The number of thiazole rings is 1. The van der Waals surface area contributed by atoms with Crippen molar-refractivity contribution in [2.45, 2.75) is 64.3 Å². The number of carboxylic acid groups (broad SMARTS) is 1. The van der Waals surface area contributed by atoms with Gasteiger partial charge in [-0.25, -0.2) is 18.6 Å². The highest BCUT2D eigenvalue weighted by Crippen LogP contribution is 2.45. The van der Waals surface area contributed by atoms with Gasteiger partial charge in [0.25, 0.3) is 0 Å². The van der Waals surface area contributed by atoms with Gasteiger partial charge in [0.1, 0.15) is 27.4 Å². The molecule has 1 fully saturated rings. The summed E-state index contributed by atoms with van der Waals surface area (Å²) in [6.45, 7) is 8.67. The van der Waals surface area contributed by atoms with Crippen LogP contribution in [0.1, 0.15) is 73.9 Å². The van der Waals surface area contributed by atoms with Gasteiger partial charge in [-0.1, -0.05) is 32.9 Å². The Morgan fingerprint density at radius 2 is 1.89 bits per heavy atom. The number of carbonyl (C=O) groups is 1. The molecule has 2 aromatic carbocycles. The molecule has 1 aliphatic carbocycles. The van der Waals surface area contributed by atoms with Gasteiger partial charge in [-0.05, 0) is 67.1 Å². The van der Waals surface area contributed by atoms with Crippen LogP contribution in [0.2, 0.25) is 0 Å². The van der Waals surface area contributed by atoms with Gasteiger partial charge < -0.3 is 14.6 Å². The van der Waals surface area contributed by atoms with Crippen molar-refractivity contribution >= 4 is 34.9 Å². The summed E-state index contributed by atoms with van der Waals surface area (Å²) in [5, 5.41) is 12.3. The summed E-state index contributed by atoms with van der Waals surface area (Å²) in [6, 6.07) is 6.10. The van der Waals surface area contributed by atoms with Gasteiger partial charge in [0.2, 0.25) is 0 Å². The van der Waals surface area contributed by atoms with Crippen LogP contribution >= 0.6 is 23.3 Å². The second kappa shape index (κ2) is 11.0. The number of aromatic carboxylic acids is 1. The monoisotopic (exact) mass is 546 g/mol. The number of benzene rings is 2. The Balaban J connectivity index is 1.47. The smallest absolute Gasteiger partial charge is 0.338 e. The van der Waals surface area contributed by atoms with Crippen molar-refractivity contribution in [1.29, 1.82) is 0 Å². The fourth-order valence-electron chi connectivity index (χ4n) is 5.03. The number of carboxylic acids is 1. The number of hydrogen-bond acceptors (Lipinski definition) is 6. The molecule has 9 heteroatoms. The lowest BCUT2D eigenvalue weighted by Crippen LogP contribution is -2.25. The lowest BCUT2D eigenvalue weighted by molar-refractivity contribution is 0.0691. The third kappa shape index (κ3) is 5.93. The predicted molar refractivity (Wildman–Crippen MR) is 146 cm³/mol. The molecule has 1 aliphatic rings. The fraction of sp³-hybridized carbons (Fsp3) is 0.429. The molecule has 0 bridgehead atoms. The molecule has 2 N–H and O–H groups in total. The number of ether oxygens (including phenoxy) is 1. The maximum atomic E-state index is 15.5. The Morgan fingerprint density at radius 3 is 2.51 bits per heavy atom. The van der Waals surface area contributed by atoms with Crippen LogP contribution in [-0.4, -0.2) is 23.2 Å². The van der Waals surface area contributed by atoms with E-state index in [-0.39, 0.29) is 23.2 Å². The standard InChI is InChI=1S/C28H32F2N2O3S2/c1-15-18(10-11-19(25(15)30)16-6-8-17(9-7-16)28(2,3)4)26-31-24(14-36-26)37-32-22-13-21(29)20(27(33)34)12-23(22)35-5/h10-14,16-17,32H,6-9H2,1-5H3,(H,33,34). The molecule has 0 saturated heterocycles. The SMILES string of the molecule is COc1cc(C(=O)O)c(F)cc1NSc1csc(-c2ccc(C3CCC(C(C)(C)C)CC3)c(F)c2C)n1. The number of aromatic nitrogens is 1. The Kier molecular flexibility index (Phi) is 8.14. The Morgan fingerprint density at radius 1 is 1.19 bits per heavy atom. The van der Waals surface area contributed by atoms with E-state index < -0.39 is 17.3 Å². The van der Waals surface area contributed by atoms with Crippen LogP contribution < -0.4 is 9.46 Å². The maximum Gasteiger partial charge on any atom is 0.338 e. The second-order valence-electron chi connectivity index (χ2n) is 10.6. The van der Waals surface area contributed by atoms with Gasteiger partial charge in [-0.2, -0.15) is 0 Å². The van der Waals surface area contributed by atoms with Gasteiger partial charge in [-0.15, -0.1) is 11.3 Å². The molecule has 5 nitrogen and oxygen atoms in total. The van der Waals surface area contributed by atoms with Crippen LogP contribution in [0.3, 0.4) is 0 Å². The van der Waals surface area contributed by atoms with Gasteiger partial charge >= 0.3 is 5.97 Å². The average molecular weight is 547 g/mol. The second-order valence-corrected chi connectivity index (χ2v) is 12.3. The van der Waals surface area contributed by atoms with Gasteiger partial charge in [0, 0.05) is 29.0 Å². The molecule has 0 amide bonds. The van der Waals surface area contributed by atoms with Crippen LogP contribution in [-0.2, 0) is 0 Å². The minimum atomic E-state index is -1.37. The van der Waals surface area contributed by atoms with Gasteiger partial charge in [0.15, 0.2) is 0 Å². The van der Waals surface area contributed by atoms with E-state index in [0.717, 1.165) is 60.9 Å². The van der Waals surface area contributed by atoms with E-state index in [1.54, 1.807) is 6.92 Å². The molecule has 0 unspecified atom stereocenters. The van der Waals surface area contributed by atoms with Crippen LogP contribution in [0.25, 0.3) is 10.6 Å². The third-order valence-electron chi connectivity index (χ3n) is 7.31. The Bertz CT molecular complexity index is 1300. The van der Waals surface area contributed by atoms with Crippen molar-refractivity contribution < 1.29 is 23.4 Å². The number of rotatable bonds is 7. The summed E-state index contributed by atoms with van der Waals surface area (Å²) in [5.74, 6) is -1.25. The molecule has 0 aliphatic heterocycles. The van der Waals surface area contributed by atoms with Crippen molar-refractivity contribution in [3.63, 3.8) is 0 Å². The molecule has 4 rings (SSSR count). The fourth-order valence-corrected chi connectivity index (χ4v) is 6.70. The molecule has 198 valence electrons. The first-order chi connectivity index (χ1) is 17.5. The third-order valence-corrected chi connectivity index (χ3v) is 9.07. The highest BCUT2D eigenvalue weighted by molar-refractivity contribution is 8.00. The predicted octanol–water partition coefficient (Wildman–Crippen LogP) is 8.54. The zero-order valence-corrected chi connectivity index (χ0v) is 23.3. The van der Waals surface area contributed by atoms with E-state index in [4.69, 9.17) is 9.84 Å². The highest BCUT2D eigenvalue weighted by atomic mass is 32.2.